The predicted octanol–water partition coefficient (Wildman–Crippen LogP) is 1.94. The first-order valence-corrected chi connectivity index (χ1v) is 4.63. The minimum atomic E-state index is 1.05. The highest BCUT2D eigenvalue weighted by Gasteiger charge is 2.03. The van der Waals surface area contributed by atoms with Gasteiger partial charge in [-0.15, -0.1) is 0 Å². The highest BCUT2D eigenvalue weighted by Crippen LogP contribution is 2.12. The van der Waals surface area contributed by atoms with Crippen molar-refractivity contribution in [3.63, 3.8) is 0 Å². The van der Waals surface area contributed by atoms with Crippen LogP contribution in [-0.2, 0) is 7.05 Å². The summed E-state index contributed by atoms with van der Waals surface area (Å²) in [5.41, 5.74) is 1.24. The number of nitrogens with zero attached hydrogens (tertiary/aromatic N) is 2. The van der Waals surface area contributed by atoms with E-state index in [0.29, 0.717) is 0 Å². The van der Waals surface area contributed by atoms with Crippen LogP contribution in [0, 0.1) is 14.5 Å². The van der Waals surface area contributed by atoms with Gasteiger partial charge in [-0.05, 0) is 52.1 Å². The zero-order valence-corrected chi connectivity index (χ0v) is 9.47. The van der Waals surface area contributed by atoms with Gasteiger partial charge in [-0.2, -0.15) is 0 Å². The Hall–Kier alpha value is 0.670. The van der Waals surface area contributed by atoms with Gasteiger partial charge >= 0.3 is 0 Å². The molecule has 1 rings (SSSR count). The molecule has 0 bridgehead atoms. The highest BCUT2D eigenvalue weighted by atomic mass is 127. The smallest absolute Gasteiger partial charge is 0.172 e. The summed E-state index contributed by atoms with van der Waals surface area (Å²) in [6.45, 7) is 2.07. The van der Waals surface area contributed by atoms with Crippen LogP contribution in [0.4, 0.5) is 0 Å². The monoisotopic (exact) mass is 348 g/mol. The van der Waals surface area contributed by atoms with E-state index in [-0.39, 0.29) is 0 Å². The van der Waals surface area contributed by atoms with Gasteiger partial charge in [0.05, 0.1) is 0 Å². The Balaban J connectivity index is 3.29. The zero-order chi connectivity index (χ0) is 7.02. The lowest BCUT2D eigenvalue weighted by Gasteiger charge is -1.93. The molecule has 0 atom stereocenters. The molecule has 1 heterocycles. The summed E-state index contributed by atoms with van der Waals surface area (Å²) in [7, 11) is 2.02. The molecule has 0 aliphatic carbocycles. The van der Waals surface area contributed by atoms with Gasteiger partial charge in [0.2, 0.25) is 0 Å². The van der Waals surface area contributed by atoms with E-state index in [2.05, 4.69) is 61.7 Å². The largest absolute Gasteiger partial charge is 0.326 e. The number of hydrogen-bond donors (Lipinski definition) is 0. The molecule has 0 aliphatic heterocycles. The molecule has 0 aromatic carbocycles. The lowest BCUT2D eigenvalue weighted by molar-refractivity contribution is 0.842. The minimum Gasteiger partial charge on any atom is -0.326 e. The fourth-order valence-corrected chi connectivity index (χ4v) is 2.17. The molecule has 0 N–H and O–H groups in total. The van der Waals surface area contributed by atoms with Crippen molar-refractivity contribution in [3.05, 3.63) is 13.2 Å². The second-order valence-electron chi connectivity index (χ2n) is 1.82. The lowest BCUT2D eigenvalue weighted by Crippen LogP contribution is -1.92. The van der Waals surface area contributed by atoms with E-state index in [0.717, 1.165) is 7.53 Å². The summed E-state index contributed by atoms with van der Waals surface area (Å²) in [5, 5.41) is 0. The van der Waals surface area contributed by atoms with E-state index in [1.54, 1.807) is 0 Å². The van der Waals surface area contributed by atoms with Crippen LogP contribution in [0.15, 0.2) is 0 Å². The standard InChI is InChI=1S/C5H6I2N2/c1-3-4(6)8-5(7)9(3)2/h1-2H3. The van der Waals surface area contributed by atoms with Gasteiger partial charge in [0.15, 0.2) is 3.83 Å². The average molecular weight is 348 g/mol. The van der Waals surface area contributed by atoms with Crippen LogP contribution in [0.1, 0.15) is 5.69 Å². The second kappa shape index (κ2) is 2.73. The molecule has 2 nitrogen and oxygen atoms in total. The Labute approximate surface area is 81.3 Å². The molecule has 1 aromatic rings. The third-order valence-corrected chi connectivity index (χ3v) is 3.26. The molecule has 0 saturated carbocycles. The van der Waals surface area contributed by atoms with Gasteiger partial charge in [-0.1, -0.05) is 0 Å². The number of halogens is 2. The molecule has 0 aliphatic rings. The van der Waals surface area contributed by atoms with Crippen LogP contribution in [0.2, 0.25) is 0 Å². The van der Waals surface area contributed by atoms with Crippen LogP contribution >= 0.6 is 45.2 Å². The molecule has 9 heavy (non-hydrogen) atoms. The van der Waals surface area contributed by atoms with Crippen molar-refractivity contribution in [1.82, 2.24) is 9.55 Å². The Morgan fingerprint density at radius 1 is 1.44 bits per heavy atom. The topological polar surface area (TPSA) is 17.8 Å². The first-order chi connectivity index (χ1) is 4.13. The number of imidazole rings is 1. The molecular formula is C5H6I2N2. The third kappa shape index (κ3) is 1.39. The lowest BCUT2D eigenvalue weighted by atomic mass is 10.5. The molecule has 0 spiro atoms. The molecule has 0 amide bonds. The van der Waals surface area contributed by atoms with E-state index in [1.165, 1.54) is 5.69 Å². The van der Waals surface area contributed by atoms with E-state index >= 15 is 0 Å². The van der Waals surface area contributed by atoms with Crippen molar-refractivity contribution in [2.45, 2.75) is 6.92 Å². The fraction of sp³-hybridized carbons (Fsp3) is 0.400. The average Bonchev–Trinajstić information content (AvgIpc) is 1.98. The predicted molar refractivity (Wildman–Crippen MR) is 53.4 cm³/mol. The SMILES string of the molecule is Cc1c(I)nc(I)n1C. The van der Waals surface area contributed by atoms with Crippen molar-refractivity contribution in [1.29, 1.82) is 0 Å². The maximum Gasteiger partial charge on any atom is 0.172 e. The van der Waals surface area contributed by atoms with E-state index in [4.69, 9.17) is 0 Å². The number of aromatic nitrogens is 2. The quantitative estimate of drug-likeness (QED) is 0.656. The Morgan fingerprint density at radius 2 is 2.00 bits per heavy atom. The van der Waals surface area contributed by atoms with E-state index in [9.17, 15) is 0 Å². The molecule has 4 heteroatoms. The van der Waals surface area contributed by atoms with E-state index in [1.807, 2.05) is 7.05 Å². The highest BCUT2D eigenvalue weighted by molar-refractivity contribution is 14.1. The molecule has 50 valence electrons. The normalized spacial score (nSPS) is 10.2. The zero-order valence-electron chi connectivity index (χ0n) is 5.15. The summed E-state index contributed by atoms with van der Waals surface area (Å²) in [6.07, 6.45) is 0. The van der Waals surface area contributed by atoms with E-state index < -0.39 is 0 Å². The van der Waals surface area contributed by atoms with Crippen LogP contribution in [0.5, 0.6) is 0 Å². The summed E-state index contributed by atoms with van der Waals surface area (Å²) in [6, 6.07) is 0. The van der Waals surface area contributed by atoms with Gasteiger partial charge in [0.1, 0.15) is 3.70 Å². The molecule has 0 unspecified atom stereocenters. The van der Waals surface area contributed by atoms with Gasteiger partial charge in [0.25, 0.3) is 0 Å². The molecule has 0 saturated heterocycles. The van der Waals surface area contributed by atoms with Crippen LogP contribution < -0.4 is 0 Å². The summed E-state index contributed by atoms with van der Waals surface area (Å²) >= 11 is 4.45. The summed E-state index contributed by atoms with van der Waals surface area (Å²) in [4.78, 5) is 4.25. The van der Waals surface area contributed by atoms with Gasteiger partial charge in [-0.3, -0.25) is 0 Å². The number of rotatable bonds is 0. The maximum absolute atomic E-state index is 4.25. The van der Waals surface area contributed by atoms with Gasteiger partial charge < -0.3 is 4.57 Å². The molecular weight excluding hydrogens is 342 g/mol. The van der Waals surface area contributed by atoms with Crippen molar-refractivity contribution in [2.75, 3.05) is 0 Å². The number of hydrogen-bond acceptors (Lipinski definition) is 1. The first kappa shape index (κ1) is 7.77. The summed E-state index contributed by atoms with van der Waals surface area (Å²) in [5.74, 6) is 0. The first-order valence-electron chi connectivity index (χ1n) is 2.47. The van der Waals surface area contributed by atoms with Crippen LogP contribution in [0.25, 0.3) is 0 Å². The van der Waals surface area contributed by atoms with Gasteiger partial charge in [0, 0.05) is 12.7 Å². The minimum absolute atomic E-state index is 1.05. The van der Waals surface area contributed by atoms with Crippen molar-refractivity contribution >= 4 is 45.2 Å². The van der Waals surface area contributed by atoms with Crippen LogP contribution in [-0.4, -0.2) is 9.55 Å². The molecule has 1 aromatic heterocycles. The fourth-order valence-electron chi connectivity index (χ4n) is 0.514. The van der Waals surface area contributed by atoms with Gasteiger partial charge in [-0.25, -0.2) is 4.98 Å². The van der Waals surface area contributed by atoms with Crippen molar-refractivity contribution in [2.24, 2.45) is 7.05 Å². The molecule has 0 fully saturated rings. The summed E-state index contributed by atoms with van der Waals surface area (Å²) < 4.78 is 4.22. The molecule has 0 radical (unpaired) electrons. The van der Waals surface area contributed by atoms with Crippen molar-refractivity contribution in [3.8, 4) is 0 Å². The van der Waals surface area contributed by atoms with Crippen LogP contribution in [0.3, 0.4) is 0 Å². The van der Waals surface area contributed by atoms with Crippen molar-refractivity contribution < 1.29 is 0 Å². The Bertz CT molecular complexity index is 207. The third-order valence-electron chi connectivity index (χ3n) is 1.27. The second-order valence-corrected chi connectivity index (χ2v) is 3.80. The maximum atomic E-state index is 4.25. The Kier molecular flexibility index (Phi) is 2.36. The Morgan fingerprint density at radius 3 is 2.11 bits per heavy atom.